The third kappa shape index (κ3) is 14.2. The second-order valence-electron chi connectivity index (χ2n) is 5.87. The van der Waals surface area contributed by atoms with Gasteiger partial charge >= 0.3 is 11.9 Å². The maximum Gasteiger partial charge on any atom is 0.306 e. The van der Waals surface area contributed by atoms with Crippen LogP contribution in [0.2, 0.25) is 0 Å². The van der Waals surface area contributed by atoms with Gasteiger partial charge in [0, 0.05) is 20.0 Å². The molecular weight excluding hydrogens is 296 g/mol. The van der Waals surface area contributed by atoms with Crippen LogP contribution in [-0.4, -0.2) is 38.4 Å². The molecule has 1 atom stereocenters. The first kappa shape index (κ1) is 21.9. The summed E-state index contributed by atoms with van der Waals surface area (Å²) in [6.07, 6.45) is 8.61. The minimum atomic E-state index is -0.515. The molecule has 5 heteroatoms. The van der Waals surface area contributed by atoms with Crippen LogP contribution in [0.4, 0.5) is 0 Å². The second kappa shape index (κ2) is 15.8. The maximum atomic E-state index is 11.8. The van der Waals surface area contributed by atoms with Gasteiger partial charge in [-0.2, -0.15) is 0 Å². The van der Waals surface area contributed by atoms with Crippen LogP contribution < -0.4 is 0 Å². The smallest absolute Gasteiger partial charge is 0.306 e. The van der Waals surface area contributed by atoms with Crippen molar-refractivity contribution in [3.8, 4) is 0 Å². The van der Waals surface area contributed by atoms with Gasteiger partial charge in [0.1, 0.15) is 6.61 Å². The van der Waals surface area contributed by atoms with Crippen molar-refractivity contribution in [2.24, 2.45) is 0 Å². The summed E-state index contributed by atoms with van der Waals surface area (Å²) < 4.78 is 15.5. The molecular formula is C18H34O5. The number of rotatable bonds is 15. The molecule has 0 aliphatic carbocycles. The maximum absolute atomic E-state index is 11.8. The van der Waals surface area contributed by atoms with E-state index in [1.165, 1.54) is 7.11 Å². The summed E-state index contributed by atoms with van der Waals surface area (Å²) in [5.41, 5.74) is 0. The SMILES string of the molecule is CCCCCCC(=O)OCC(COC)OC(=O)CCCCCC. The van der Waals surface area contributed by atoms with E-state index in [2.05, 4.69) is 13.8 Å². The number of ether oxygens (including phenoxy) is 3. The van der Waals surface area contributed by atoms with Crippen LogP contribution in [0.15, 0.2) is 0 Å². The van der Waals surface area contributed by atoms with Crippen molar-refractivity contribution in [3.63, 3.8) is 0 Å². The van der Waals surface area contributed by atoms with E-state index in [9.17, 15) is 9.59 Å². The van der Waals surface area contributed by atoms with Crippen LogP contribution in [-0.2, 0) is 23.8 Å². The van der Waals surface area contributed by atoms with Crippen molar-refractivity contribution < 1.29 is 23.8 Å². The Morgan fingerprint density at radius 3 is 1.87 bits per heavy atom. The minimum Gasteiger partial charge on any atom is -0.462 e. The molecule has 5 nitrogen and oxygen atoms in total. The van der Waals surface area contributed by atoms with Crippen molar-refractivity contribution in [3.05, 3.63) is 0 Å². The molecule has 0 aromatic heterocycles. The quantitative estimate of drug-likeness (QED) is 0.335. The van der Waals surface area contributed by atoms with Crippen LogP contribution in [0, 0.1) is 0 Å². The van der Waals surface area contributed by atoms with Gasteiger partial charge in [-0.15, -0.1) is 0 Å². The zero-order valence-corrected chi connectivity index (χ0v) is 15.1. The molecule has 0 aliphatic heterocycles. The zero-order chi connectivity index (χ0) is 17.3. The molecule has 0 radical (unpaired) electrons. The van der Waals surface area contributed by atoms with Gasteiger partial charge in [0.15, 0.2) is 6.10 Å². The number of methoxy groups -OCH3 is 1. The minimum absolute atomic E-state index is 0.0706. The first-order valence-corrected chi connectivity index (χ1v) is 8.98. The third-order valence-corrected chi connectivity index (χ3v) is 3.55. The monoisotopic (exact) mass is 330 g/mol. The second-order valence-corrected chi connectivity index (χ2v) is 5.87. The number of hydrogen-bond acceptors (Lipinski definition) is 5. The fourth-order valence-corrected chi connectivity index (χ4v) is 2.20. The lowest BCUT2D eigenvalue weighted by Crippen LogP contribution is -2.29. The van der Waals surface area contributed by atoms with Gasteiger partial charge in [0.2, 0.25) is 0 Å². The van der Waals surface area contributed by atoms with Crippen LogP contribution in [0.5, 0.6) is 0 Å². The average molecular weight is 330 g/mol. The van der Waals surface area contributed by atoms with Crippen LogP contribution in [0.1, 0.15) is 78.1 Å². The third-order valence-electron chi connectivity index (χ3n) is 3.55. The first-order valence-electron chi connectivity index (χ1n) is 8.98. The van der Waals surface area contributed by atoms with E-state index in [1.807, 2.05) is 0 Å². The Balaban J connectivity index is 3.91. The van der Waals surface area contributed by atoms with Crippen molar-refractivity contribution >= 4 is 11.9 Å². The van der Waals surface area contributed by atoms with Gasteiger partial charge in [-0.05, 0) is 12.8 Å². The van der Waals surface area contributed by atoms with E-state index in [1.54, 1.807) is 0 Å². The Bertz CT molecular complexity index is 304. The molecule has 0 heterocycles. The largest absolute Gasteiger partial charge is 0.462 e. The number of carbonyl (C=O) groups is 2. The van der Waals surface area contributed by atoms with Gasteiger partial charge in [-0.1, -0.05) is 52.4 Å². The molecule has 0 amide bonds. The van der Waals surface area contributed by atoms with E-state index >= 15 is 0 Å². The Hall–Kier alpha value is -1.10. The Morgan fingerprint density at radius 2 is 1.35 bits per heavy atom. The standard InChI is InChI=1S/C18H34O5/c1-4-6-8-10-12-17(19)22-15-16(14-21-3)23-18(20)13-11-9-7-5-2/h16H,4-15H2,1-3H3. The number of hydrogen-bond donors (Lipinski definition) is 0. The molecule has 23 heavy (non-hydrogen) atoms. The lowest BCUT2D eigenvalue weighted by atomic mass is 10.1. The molecule has 0 aliphatic rings. The predicted octanol–water partition coefficient (Wildman–Crippen LogP) is 4.03. The lowest BCUT2D eigenvalue weighted by Gasteiger charge is -2.17. The van der Waals surface area contributed by atoms with Gasteiger partial charge in [-0.3, -0.25) is 9.59 Å². The number of unbranched alkanes of at least 4 members (excludes halogenated alkanes) is 6. The van der Waals surface area contributed by atoms with Crippen molar-refractivity contribution in [1.82, 2.24) is 0 Å². The summed E-state index contributed by atoms with van der Waals surface area (Å²) in [5.74, 6) is -0.483. The normalized spacial score (nSPS) is 12.0. The number of carbonyl (C=O) groups excluding carboxylic acids is 2. The zero-order valence-electron chi connectivity index (χ0n) is 15.1. The van der Waals surface area contributed by atoms with E-state index in [4.69, 9.17) is 14.2 Å². The molecule has 0 fully saturated rings. The summed E-state index contributed by atoms with van der Waals surface area (Å²) in [6, 6.07) is 0. The molecule has 136 valence electrons. The summed E-state index contributed by atoms with van der Waals surface area (Å²) in [6.45, 7) is 4.57. The Kier molecular flexibility index (Phi) is 15.0. The number of esters is 2. The molecule has 0 aromatic carbocycles. The van der Waals surface area contributed by atoms with E-state index < -0.39 is 6.10 Å². The molecule has 0 rings (SSSR count). The van der Waals surface area contributed by atoms with Gasteiger partial charge in [0.25, 0.3) is 0 Å². The molecule has 0 spiro atoms. The van der Waals surface area contributed by atoms with Crippen LogP contribution in [0.25, 0.3) is 0 Å². The van der Waals surface area contributed by atoms with Crippen molar-refractivity contribution in [2.75, 3.05) is 20.3 Å². The average Bonchev–Trinajstić information content (AvgIpc) is 2.53. The fraction of sp³-hybridized carbons (Fsp3) is 0.889. The van der Waals surface area contributed by atoms with E-state index in [-0.39, 0.29) is 25.2 Å². The van der Waals surface area contributed by atoms with Gasteiger partial charge in [0.05, 0.1) is 6.61 Å². The topological polar surface area (TPSA) is 61.8 Å². The lowest BCUT2D eigenvalue weighted by molar-refractivity contribution is -0.162. The van der Waals surface area contributed by atoms with E-state index in [0.29, 0.717) is 12.8 Å². The summed E-state index contributed by atoms with van der Waals surface area (Å²) in [7, 11) is 1.54. The van der Waals surface area contributed by atoms with E-state index in [0.717, 1.165) is 51.4 Å². The molecule has 0 N–H and O–H groups in total. The fourth-order valence-electron chi connectivity index (χ4n) is 2.20. The predicted molar refractivity (Wildman–Crippen MR) is 90.2 cm³/mol. The van der Waals surface area contributed by atoms with Gasteiger partial charge in [-0.25, -0.2) is 0 Å². The van der Waals surface area contributed by atoms with Gasteiger partial charge < -0.3 is 14.2 Å². The summed E-state index contributed by atoms with van der Waals surface area (Å²) >= 11 is 0. The highest BCUT2D eigenvalue weighted by Crippen LogP contribution is 2.07. The molecule has 0 bridgehead atoms. The first-order chi connectivity index (χ1) is 11.1. The summed E-state index contributed by atoms with van der Waals surface area (Å²) in [4.78, 5) is 23.4. The van der Waals surface area contributed by atoms with Crippen LogP contribution in [0.3, 0.4) is 0 Å². The van der Waals surface area contributed by atoms with Crippen molar-refractivity contribution in [2.45, 2.75) is 84.2 Å². The molecule has 0 saturated heterocycles. The highest BCUT2D eigenvalue weighted by molar-refractivity contribution is 5.70. The Morgan fingerprint density at radius 1 is 0.783 bits per heavy atom. The summed E-state index contributed by atoms with van der Waals surface area (Å²) in [5, 5.41) is 0. The molecule has 1 unspecified atom stereocenters. The Labute approximate surface area is 141 Å². The molecule has 0 aromatic rings. The molecule has 0 saturated carbocycles. The highest BCUT2D eigenvalue weighted by Gasteiger charge is 2.16. The highest BCUT2D eigenvalue weighted by atomic mass is 16.6. The van der Waals surface area contributed by atoms with Crippen LogP contribution >= 0.6 is 0 Å². The van der Waals surface area contributed by atoms with Crippen molar-refractivity contribution in [1.29, 1.82) is 0 Å².